The maximum Gasteiger partial charge on any atom is 0.127 e. The molecule has 1 aromatic heterocycles. The number of ether oxygens (including phenoxy) is 1. The van der Waals surface area contributed by atoms with Gasteiger partial charge in [0, 0.05) is 34.9 Å². The smallest absolute Gasteiger partial charge is 0.127 e. The van der Waals surface area contributed by atoms with E-state index in [4.69, 9.17) is 4.74 Å². The van der Waals surface area contributed by atoms with E-state index in [-0.39, 0.29) is 0 Å². The van der Waals surface area contributed by atoms with Gasteiger partial charge in [-0.15, -0.1) is 11.3 Å². The Morgan fingerprint density at radius 2 is 2.32 bits per heavy atom. The molecule has 116 valence electrons. The maximum atomic E-state index is 5.78. The average molecular weight is 379 g/mol. The van der Waals surface area contributed by atoms with E-state index < -0.39 is 0 Å². The molecule has 0 radical (unpaired) electrons. The first kappa shape index (κ1) is 15.7. The Labute approximate surface area is 143 Å². The molecule has 0 saturated carbocycles. The number of aromatic nitrogens is 1. The molecule has 0 spiro atoms. The minimum atomic E-state index is 0.665. The van der Waals surface area contributed by atoms with Crippen LogP contribution in [0, 0.1) is 0 Å². The van der Waals surface area contributed by atoms with Crippen LogP contribution in [0.2, 0.25) is 0 Å². The van der Waals surface area contributed by atoms with Gasteiger partial charge in [0.15, 0.2) is 0 Å². The molecule has 2 aromatic rings. The fourth-order valence-corrected chi connectivity index (χ4v) is 3.55. The zero-order chi connectivity index (χ0) is 15.4. The second-order valence-electron chi connectivity index (χ2n) is 5.29. The molecule has 3 rings (SSSR count). The van der Waals surface area contributed by atoms with Crippen LogP contribution in [-0.2, 0) is 12.8 Å². The third-order valence-electron chi connectivity index (χ3n) is 3.56. The lowest BCUT2D eigenvalue weighted by Crippen LogP contribution is -2.23. The molecular formula is C17H19BrN2OS. The second kappa shape index (κ2) is 7.40. The summed E-state index contributed by atoms with van der Waals surface area (Å²) in [6.45, 7) is 4.61. The van der Waals surface area contributed by atoms with Gasteiger partial charge >= 0.3 is 0 Å². The largest absolute Gasteiger partial charge is 0.489 e. The van der Waals surface area contributed by atoms with E-state index in [2.05, 4.69) is 50.7 Å². The predicted octanol–water partition coefficient (Wildman–Crippen LogP) is 4.08. The minimum absolute atomic E-state index is 0.665. The molecule has 0 fully saturated rings. The summed E-state index contributed by atoms with van der Waals surface area (Å²) in [6, 6.07) is 6.11. The van der Waals surface area contributed by atoms with Crippen molar-refractivity contribution in [2.75, 3.05) is 19.7 Å². The molecule has 0 bridgehead atoms. The Kier molecular flexibility index (Phi) is 5.28. The standard InChI is InChI=1S/C17H19BrN2OS/c1-2-17-20-15(11-22-17)5-6-19-9-12-7-13-8-14(18)3-4-16(13)21-10-12/h3-4,7-8,11,19H,2,5-6,9-10H2,1H3. The van der Waals surface area contributed by atoms with Crippen molar-refractivity contribution in [2.45, 2.75) is 19.8 Å². The van der Waals surface area contributed by atoms with E-state index in [0.717, 1.165) is 41.7 Å². The number of rotatable bonds is 6. The number of nitrogens with zero attached hydrogens (tertiary/aromatic N) is 1. The highest BCUT2D eigenvalue weighted by Gasteiger charge is 2.11. The molecule has 1 aliphatic rings. The van der Waals surface area contributed by atoms with E-state index in [0.29, 0.717) is 6.61 Å². The Morgan fingerprint density at radius 3 is 3.14 bits per heavy atom. The molecule has 0 aliphatic carbocycles. The van der Waals surface area contributed by atoms with Crippen molar-refractivity contribution >= 4 is 33.3 Å². The van der Waals surface area contributed by atoms with Crippen molar-refractivity contribution in [1.29, 1.82) is 0 Å². The van der Waals surface area contributed by atoms with Crippen molar-refractivity contribution in [1.82, 2.24) is 10.3 Å². The number of thiazole rings is 1. The number of aryl methyl sites for hydroxylation is 1. The minimum Gasteiger partial charge on any atom is -0.489 e. The van der Waals surface area contributed by atoms with Gasteiger partial charge in [-0.3, -0.25) is 0 Å². The van der Waals surface area contributed by atoms with E-state index in [1.165, 1.54) is 16.3 Å². The normalized spacial score (nSPS) is 13.5. The van der Waals surface area contributed by atoms with Crippen LogP contribution in [0.15, 0.2) is 33.6 Å². The molecule has 0 unspecified atom stereocenters. The molecule has 3 nitrogen and oxygen atoms in total. The molecule has 2 heterocycles. The first-order valence-corrected chi connectivity index (χ1v) is 9.17. The summed E-state index contributed by atoms with van der Waals surface area (Å²) in [5.41, 5.74) is 3.61. The fraction of sp³-hybridized carbons (Fsp3) is 0.353. The van der Waals surface area contributed by atoms with Crippen LogP contribution in [0.4, 0.5) is 0 Å². The Hall–Kier alpha value is -1.17. The van der Waals surface area contributed by atoms with Crippen molar-refractivity contribution in [2.24, 2.45) is 0 Å². The van der Waals surface area contributed by atoms with Gasteiger partial charge in [-0.1, -0.05) is 22.9 Å². The van der Waals surface area contributed by atoms with Gasteiger partial charge in [-0.2, -0.15) is 0 Å². The topological polar surface area (TPSA) is 34.2 Å². The number of nitrogens with one attached hydrogen (secondary N) is 1. The van der Waals surface area contributed by atoms with Crippen LogP contribution in [0.25, 0.3) is 6.08 Å². The summed E-state index contributed by atoms with van der Waals surface area (Å²) in [7, 11) is 0. The summed E-state index contributed by atoms with van der Waals surface area (Å²) < 4.78 is 6.86. The lowest BCUT2D eigenvalue weighted by Gasteiger charge is -2.18. The molecular weight excluding hydrogens is 360 g/mol. The van der Waals surface area contributed by atoms with E-state index in [9.17, 15) is 0 Å². The quantitative estimate of drug-likeness (QED) is 0.769. The molecule has 1 N–H and O–H groups in total. The monoisotopic (exact) mass is 378 g/mol. The first-order valence-electron chi connectivity index (χ1n) is 7.50. The van der Waals surface area contributed by atoms with Gasteiger partial charge in [0.25, 0.3) is 0 Å². The van der Waals surface area contributed by atoms with Gasteiger partial charge in [0.05, 0.1) is 10.7 Å². The van der Waals surface area contributed by atoms with E-state index >= 15 is 0 Å². The van der Waals surface area contributed by atoms with Crippen LogP contribution < -0.4 is 10.1 Å². The summed E-state index contributed by atoms with van der Waals surface area (Å²) in [6.07, 6.45) is 4.22. The number of halogens is 1. The number of hydrogen-bond acceptors (Lipinski definition) is 4. The van der Waals surface area contributed by atoms with Crippen LogP contribution >= 0.6 is 27.3 Å². The zero-order valence-electron chi connectivity index (χ0n) is 12.6. The third-order valence-corrected chi connectivity index (χ3v) is 5.09. The average Bonchev–Trinajstić information content (AvgIpc) is 2.99. The first-order chi connectivity index (χ1) is 10.7. The Balaban J connectivity index is 1.50. The molecule has 0 saturated heterocycles. The summed E-state index contributed by atoms with van der Waals surface area (Å²) in [5, 5.41) is 6.87. The summed E-state index contributed by atoms with van der Waals surface area (Å²) in [5.74, 6) is 0.960. The third kappa shape index (κ3) is 3.97. The molecule has 5 heteroatoms. The Morgan fingerprint density at radius 1 is 1.41 bits per heavy atom. The van der Waals surface area contributed by atoms with Gasteiger partial charge in [0.2, 0.25) is 0 Å². The fourth-order valence-electron chi connectivity index (χ4n) is 2.39. The molecule has 1 aliphatic heterocycles. The molecule has 0 amide bonds. The van der Waals surface area contributed by atoms with Crippen LogP contribution in [0.5, 0.6) is 5.75 Å². The number of fused-ring (bicyclic) bond motifs is 1. The highest BCUT2D eigenvalue weighted by atomic mass is 79.9. The number of hydrogen-bond donors (Lipinski definition) is 1. The van der Waals surface area contributed by atoms with E-state index in [1.807, 2.05) is 12.1 Å². The highest BCUT2D eigenvalue weighted by molar-refractivity contribution is 9.10. The maximum absolute atomic E-state index is 5.78. The molecule has 22 heavy (non-hydrogen) atoms. The lowest BCUT2D eigenvalue weighted by molar-refractivity contribution is 0.343. The van der Waals surface area contributed by atoms with Crippen molar-refractivity contribution in [3.05, 3.63) is 49.9 Å². The SMILES string of the molecule is CCc1nc(CCNCC2=Cc3cc(Br)ccc3OC2)cs1. The van der Waals surface area contributed by atoms with Gasteiger partial charge in [0.1, 0.15) is 12.4 Å². The van der Waals surface area contributed by atoms with Gasteiger partial charge in [-0.05, 0) is 36.3 Å². The van der Waals surface area contributed by atoms with Gasteiger partial charge < -0.3 is 10.1 Å². The summed E-state index contributed by atoms with van der Waals surface area (Å²) in [4.78, 5) is 4.59. The van der Waals surface area contributed by atoms with Crippen LogP contribution in [0.1, 0.15) is 23.2 Å². The van der Waals surface area contributed by atoms with Crippen LogP contribution in [0.3, 0.4) is 0 Å². The predicted molar refractivity (Wildman–Crippen MR) is 95.7 cm³/mol. The van der Waals surface area contributed by atoms with Gasteiger partial charge in [-0.25, -0.2) is 4.98 Å². The van der Waals surface area contributed by atoms with Crippen molar-refractivity contribution < 1.29 is 4.74 Å². The lowest BCUT2D eigenvalue weighted by atomic mass is 10.1. The second-order valence-corrected chi connectivity index (χ2v) is 7.14. The molecule has 0 atom stereocenters. The summed E-state index contributed by atoms with van der Waals surface area (Å²) >= 11 is 5.26. The van der Waals surface area contributed by atoms with Crippen LogP contribution in [-0.4, -0.2) is 24.7 Å². The highest BCUT2D eigenvalue weighted by Crippen LogP contribution is 2.28. The molecule has 1 aromatic carbocycles. The van der Waals surface area contributed by atoms with E-state index in [1.54, 1.807) is 11.3 Å². The van der Waals surface area contributed by atoms with Crippen molar-refractivity contribution in [3.63, 3.8) is 0 Å². The van der Waals surface area contributed by atoms with Crippen molar-refractivity contribution in [3.8, 4) is 5.75 Å². The Bertz CT molecular complexity index is 681. The number of benzene rings is 1. The zero-order valence-corrected chi connectivity index (χ0v) is 15.0.